The number of aromatic nitrogens is 2. The maximum absolute atomic E-state index is 5.35. The number of hydrogen-bond donors (Lipinski definition) is 2. The van der Waals surface area contributed by atoms with Gasteiger partial charge in [-0.25, -0.2) is 4.98 Å². The van der Waals surface area contributed by atoms with Gasteiger partial charge in [0.05, 0.1) is 11.0 Å². The van der Waals surface area contributed by atoms with Crippen molar-refractivity contribution in [3.63, 3.8) is 0 Å². The molecule has 0 amide bonds. The van der Waals surface area contributed by atoms with E-state index >= 15 is 0 Å². The first-order chi connectivity index (χ1) is 7.83. The lowest BCUT2D eigenvalue weighted by Crippen LogP contribution is -2.01. The molecule has 2 rings (SSSR count). The number of nitrogens with one attached hydrogen (secondary N) is 2. The molecule has 82 valence electrons. The summed E-state index contributed by atoms with van der Waals surface area (Å²) in [6.45, 7) is 3.11. The quantitative estimate of drug-likeness (QED) is 0.605. The van der Waals surface area contributed by atoms with Gasteiger partial charge in [0.1, 0.15) is 0 Å². The highest BCUT2D eigenvalue weighted by Gasteiger charge is 2.01. The molecule has 0 aliphatic rings. The molecule has 1 aromatic heterocycles. The molecule has 0 bridgehead atoms. The number of unbranched alkanes of at least 4 members (excludes halogenated alkanes) is 1. The Morgan fingerprint density at radius 2 is 2.38 bits per heavy atom. The number of nitrogens with zero attached hydrogens (tertiary/aromatic N) is 1. The maximum Gasteiger partial charge on any atom is 0.201 e. The van der Waals surface area contributed by atoms with Crippen LogP contribution in [0.25, 0.3) is 11.0 Å². The van der Waals surface area contributed by atoms with E-state index in [-0.39, 0.29) is 0 Å². The average molecular weight is 213 g/mol. The molecule has 0 aliphatic heterocycles. The molecule has 3 heteroatoms. The number of benzene rings is 1. The van der Waals surface area contributed by atoms with E-state index in [1.54, 1.807) is 0 Å². The van der Waals surface area contributed by atoms with Gasteiger partial charge < -0.3 is 10.3 Å². The van der Waals surface area contributed by atoms with E-state index in [1.807, 2.05) is 18.2 Å². The van der Waals surface area contributed by atoms with Gasteiger partial charge in [-0.2, -0.15) is 0 Å². The minimum atomic E-state index is 0.817. The molecule has 16 heavy (non-hydrogen) atoms. The summed E-state index contributed by atoms with van der Waals surface area (Å²) in [6.07, 6.45) is 7.67. The van der Waals surface area contributed by atoms with Crippen LogP contribution in [0.15, 0.2) is 18.2 Å². The molecule has 1 heterocycles. The lowest BCUT2D eigenvalue weighted by atomic mass is 10.2. The Morgan fingerprint density at radius 1 is 1.50 bits per heavy atom. The van der Waals surface area contributed by atoms with Crippen molar-refractivity contribution in [2.75, 3.05) is 11.9 Å². The van der Waals surface area contributed by atoms with E-state index in [1.165, 1.54) is 6.42 Å². The Kier molecular flexibility index (Phi) is 3.11. The highest BCUT2D eigenvalue weighted by atomic mass is 15.1. The second-order valence-corrected chi connectivity index (χ2v) is 3.74. The maximum atomic E-state index is 5.35. The van der Waals surface area contributed by atoms with Crippen LogP contribution in [-0.4, -0.2) is 16.5 Å². The monoisotopic (exact) mass is 213 g/mol. The fraction of sp³-hybridized carbons (Fsp3) is 0.308. The van der Waals surface area contributed by atoms with Crippen molar-refractivity contribution in [1.82, 2.24) is 9.97 Å². The molecule has 0 fully saturated rings. The molecule has 0 spiro atoms. The Labute approximate surface area is 95.3 Å². The van der Waals surface area contributed by atoms with Gasteiger partial charge in [-0.1, -0.05) is 19.3 Å². The molecule has 2 N–H and O–H groups in total. The van der Waals surface area contributed by atoms with Crippen LogP contribution in [0.2, 0.25) is 0 Å². The molecule has 0 saturated heterocycles. The van der Waals surface area contributed by atoms with Crippen molar-refractivity contribution >= 4 is 17.0 Å². The standard InChI is InChI=1S/C13H15N3/c1-3-5-8-14-13-15-11-7-6-10(4-2)9-12(11)16-13/h2,6-7,9H,3,5,8H2,1H3,(H2,14,15,16). The summed E-state index contributed by atoms with van der Waals surface area (Å²) in [7, 11) is 0. The Morgan fingerprint density at radius 3 is 3.12 bits per heavy atom. The van der Waals surface area contributed by atoms with Crippen molar-refractivity contribution in [2.24, 2.45) is 0 Å². The molecular weight excluding hydrogens is 198 g/mol. The number of rotatable bonds is 4. The molecule has 1 aromatic carbocycles. The topological polar surface area (TPSA) is 40.7 Å². The van der Waals surface area contributed by atoms with Gasteiger partial charge >= 0.3 is 0 Å². The van der Waals surface area contributed by atoms with E-state index in [4.69, 9.17) is 6.42 Å². The molecule has 0 unspecified atom stereocenters. The molecule has 2 aromatic rings. The van der Waals surface area contributed by atoms with E-state index in [0.29, 0.717) is 0 Å². The summed E-state index contributed by atoms with van der Waals surface area (Å²) in [4.78, 5) is 7.64. The number of H-pyrrole nitrogens is 1. The summed E-state index contributed by atoms with van der Waals surface area (Å²) in [5.74, 6) is 3.43. The molecule has 0 radical (unpaired) electrons. The van der Waals surface area contributed by atoms with E-state index in [0.717, 1.165) is 35.5 Å². The van der Waals surface area contributed by atoms with Crippen LogP contribution in [0, 0.1) is 12.3 Å². The minimum absolute atomic E-state index is 0.817. The number of hydrogen-bond acceptors (Lipinski definition) is 2. The molecular formula is C13H15N3. The lowest BCUT2D eigenvalue weighted by Gasteiger charge is -1.98. The van der Waals surface area contributed by atoms with E-state index in [2.05, 4.69) is 28.1 Å². The summed E-state index contributed by atoms with van der Waals surface area (Å²) in [5, 5.41) is 3.25. The third-order valence-electron chi connectivity index (χ3n) is 2.47. The minimum Gasteiger partial charge on any atom is -0.356 e. The lowest BCUT2D eigenvalue weighted by molar-refractivity contribution is 0.829. The number of aromatic amines is 1. The third-order valence-corrected chi connectivity index (χ3v) is 2.47. The average Bonchev–Trinajstić information content (AvgIpc) is 2.70. The Balaban J connectivity index is 2.20. The van der Waals surface area contributed by atoms with Crippen molar-refractivity contribution in [3.8, 4) is 12.3 Å². The molecule has 0 saturated carbocycles. The van der Waals surface area contributed by atoms with Crippen LogP contribution in [-0.2, 0) is 0 Å². The van der Waals surface area contributed by atoms with Crippen LogP contribution in [0.4, 0.5) is 5.95 Å². The van der Waals surface area contributed by atoms with Gasteiger partial charge in [-0.3, -0.25) is 0 Å². The van der Waals surface area contributed by atoms with Crippen LogP contribution in [0.3, 0.4) is 0 Å². The smallest absolute Gasteiger partial charge is 0.201 e. The zero-order chi connectivity index (χ0) is 11.4. The fourth-order valence-corrected chi connectivity index (χ4v) is 1.57. The van der Waals surface area contributed by atoms with Crippen molar-refractivity contribution in [3.05, 3.63) is 23.8 Å². The van der Waals surface area contributed by atoms with Crippen molar-refractivity contribution in [1.29, 1.82) is 0 Å². The number of fused-ring (bicyclic) bond motifs is 1. The van der Waals surface area contributed by atoms with E-state index in [9.17, 15) is 0 Å². The van der Waals surface area contributed by atoms with E-state index < -0.39 is 0 Å². The SMILES string of the molecule is C#Cc1ccc2nc(NCCCC)[nH]c2c1. The van der Waals surface area contributed by atoms with Crippen LogP contribution in [0.1, 0.15) is 25.3 Å². The summed E-state index contributed by atoms with van der Waals surface area (Å²) in [5.41, 5.74) is 2.80. The predicted octanol–water partition coefficient (Wildman–Crippen LogP) is 2.76. The van der Waals surface area contributed by atoms with Gasteiger partial charge in [0, 0.05) is 12.1 Å². The molecule has 0 atom stereocenters. The van der Waals surface area contributed by atoms with Crippen molar-refractivity contribution < 1.29 is 0 Å². The summed E-state index contributed by atoms with van der Waals surface area (Å²) in [6, 6.07) is 5.78. The normalized spacial score (nSPS) is 10.2. The summed E-state index contributed by atoms with van der Waals surface area (Å²) < 4.78 is 0. The number of imidazole rings is 1. The van der Waals surface area contributed by atoms with Gasteiger partial charge in [-0.05, 0) is 24.6 Å². The van der Waals surface area contributed by atoms with Gasteiger partial charge in [0.2, 0.25) is 5.95 Å². The highest BCUT2D eigenvalue weighted by Crippen LogP contribution is 2.15. The van der Waals surface area contributed by atoms with Crippen LogP contribution in [0.5, 0.6) is 0 Å². The van der Waals surface area contributed by atoms with Crippen LogP contribution < -0.4 is 5.32 Å². The first-order valence-corrected chi connectivity index (χ1v) is 5.53. The fourth-order valence-electron chi connectivity index (χ4n) is 1.57. The second kappa shape index (κ2) is 4.71. The Bertz CT molecular complexity index is 519. The molecule has 3 nitrogen and oxygen atoms in total. The highest BCUT2D eigenvalue weighted by molar-refractivity contribution is 5.79. The zero-order valence-electron chi connectivity index (χ0n) is 9.38. The molecule has 0 aliphatic carbocycles. The van der Waals surface area contributed by atoms with Gasteiger partial charge in [0.25, 0.3) is 0 Å². The van der Waals surface area contributed by atoms with Crippen molar-refractivity contribution in [2.45, 2.75) is 19.8 Å². The largest absolute Gasteiger partial charge is 0.356 e. The van der Waals surface area contributed by atoms with Gasteiger partial charge in [-0.15, -0.1) is 6.42 Å². The first-order valence-electron chi connectivity index (χ1n) is 5.53. The number of terminal acetylenes is 1. The van der Waals surface area contributed by atoms with Crippen LogP contribution >= 0.6 is 0 Å². The first kappa shape index (κ1) is 10.6. The third kappa shape index (κ3) is 2.17. The summed E-state index contributed by atoms with van der Waals surface area (Å²) >= 11 is 0. The predicted molar refractivity (Wildman–Crippen MR) is 67.4 cm³/mol. The second-order valence-electron chi connectivity index (χ2n) is 3.74. The van der Waals surface area contributed by atoms with Gasteiger partial charge in [0.15, 0.2) is 0 Å². The Hall–Kier alpha value is -1.95. The zero-order valence-corrected chi connectivity index (χ0v) is 9.38. The number of anilines is 1.